The molecule has 3 nitrogen and oxygen atoms in total. The fourth-order valence-corrected chi connectivity index (χ4v) is 6.85. The maximum absolute atomic E-state index is 13.0. The van der Waals surface area contributed by atoms with E-state index in [-0.39, 0.29) is 21.4 Å². The predicted octanol–water partition coefficient (Wildman–Crippen LogP) is 4.96. The van der Waals surface area contributed by atoms with E-state index >= 15 is 0 Å². The number of hydrogen-bond acceptors (Lipinski definition) is 2. The van der Waals surface area contributed by atoms with Crippen molar-refractivity contribution in [2.45, 2.75) is 49.5 Å². The second-order valence-electron chi connectivity index (χ2n) is 7.75. The van der Waals surface area contributed by atoms with Crippen molar-refractivity contribution in [3.8, 4) is 5.75 Å². The number of amides is 1. The van der Waals surface area contributed by atoms with Gasteiger partial charge in [-0.3, -0.25) is 4.79 Å². The van der Waals surface area contributed by atoms with Crippen LogP contribution in [-0.4, -0.2) is 16.8 Å². The number of hydrogen-bond donors (Lipinski definition) is 1. The van der Waals surface area contributed by atoms with E-state index in [2.05, 4.69) is 26.0 Å². The van der Waals surface area contributed by atoms with Crippen molar-refractivity contribution in [1.29, 1.82) is 0 Å². The van der Waals surface area contributed by atoms with E-state index in [1.54, 1.807) is 12.1 Å². The van der Waals surface area contributed by atoms with Gasteiger partial charge in [-0.1, -0.05) is 15.9 Å². The molecule has 24 heavy (non-hydrogen) atoms. The van der Waals surface area contributed by atoms with Crippen LogP contribution in [0.5, 0.6) is 5.75 Å². The highest BCUT2D eigenvalue weighted by Crippen LogP contribution is 2.64. The third-order valence-corrected chi connectivity index (χ3v) is 6.74. The van der Waals surface area contributed by atoms with Gasteiger partial charge in [-0.05, 0) is 74.6 Å². The highest BCUT2D eigenvalue weighted by molar-refractivity contribution is 9.10. The Morgan fingerprint density at radius 3 is 2.33 bits per heavy atom. The SMILES string of the molecule is O=C(Nc1ccc(OC(F)F)cc1)C12C[C@@H]3C[C@@H](CC(Br)(C3)C1)C2. The Labute approximate surface area is 148 Å². The molecule has 0 aliphatic heterocycles. The van der Waals surface area contributed by atoms with E-state index in [0.29, 0.717) is 17.5 Å². The van der Waals surface area contributed by atoms with Crippen LogP contribution in [-0.2, 0) is 4.79 Å². The summed E-state index contributed by atoms with van der Waals surface area (Å²) < 4.78 is 28.9. The number of nitrogens with one attached hydrogen (secondary N) is 1. The summed E-state index contributed by atoms with van der Waals surface area (Å²) in [6, 6.07) is 6.13. The summed E-state index contributed by atoms with van der Waals surface area (Å²) in [6.45, 7) is -2.84. The second-order valence-corrected chi connectivity index (χ2v) is 9.43. The lowest BCUT2D eigenvalue weighted by Gasteiger charge is -2.59. The van der Waals surface area contributed by atoms with E-state index in [4.69, 9.17) is 0 Å². The summed E-state index contributed by atoms with van der Waals surface area (Å²) >= 11 is 3.91. The number of rotatable bonds is 4. The maximum Gasteiger partial charge on any atom is 0.387 e. The van der Waals surface area contributed by atoms with Gasteiger partial charge < -0.3 is 10.1 Å². The zero-order valence-corrected chi connectivity index (χ0v) is 14.8. The van der Waals surface area contributed by atoms with Crippen LogP contribution in [0.2, 0.25) is 0 Å². The summed E-state index contributed by atoms with van der Waals surface area (Å²) in [4.78, 5) is 13.0. The molecule has 0 aromatic heterocycles. The van der Waals surface area contributed by atoms with Gasteiger partial charge in [-0.15, -0.1) is 0 Å². The Balaban J connectivity index is 1.48. The minimum atomic E-state index is -2.84. The van der Waals surface area contributed by atoms with Gasteiger partial charge in [0.25, 0.3) is 0 Å². The molecule has 1 aromatic carbocycles. The van der Waals surface area contributed by atoms with Gasteiger partial charge in [-0.25, -0.2) is 0 Å². The first-order valence-corrected chi connectivity index (χ1v) is 9.20. The van der Waals surface area contributed by atoms with Crippen LogP contribution in [0.4, 0.5) is 14.5 Å². The summed E-state index contributed by atoms with van der Waals surface area (Å²) in [5.41, 5.74) is 0.340. The number of benzene rings is 1. The average molecular weight is 400 g/mol. The lowest BCUT2D eigenvalue weighted by atomic mass is 9.49. The van der Waals surface area contributed by atoms with E-state index in [1.807, 2.05) is 0 Å². The summed E-state index contributed by atoms with van der Waals surface area (Å²) in [7, 11) is 0. The molecular weight excluding hydrogens is 380 g/mol. The molecule has 5 rings (SSSR count). The molecule has 2 unspecified atom stereocenters. The van der Waals surface area contributed by atoms with Crippen LogP contribution in [0.25, 0.3) is 0 Å². The lowest BCUT2D eigenvalue weighted by Crippen LogP contribution is -2.57. The molecule has 4 atom stereocenters. The van der Waals surface area contributed by atoms with Gasteiger partial charge in [0.05, 0.1) is 5.41 Å². The summed E-state index contributed by atoms with van der Waals surface area (Å²) in [5.74, 6) is 1.44. The largest absolute Gasteiger partial charge is 0.435 e. The molecule has 0 saturated heterocycles. The Kier molecular flexibility index (Phi) is 3.86. The molecule has 0 heterocycles. The quantitative estimate of drug-likeness (QED) is 0.726. The van der Waals surface area contributed by atoms with Crippen LogP contribution in [0.3, 0.4) is 0 Å². The third kappa shape index (κ3) is 2.93. The maximum atomic E-state index is 13.0. The van der Waals surface area contributed by atoms with Crippen molar-refractivity contribution in [2.24, 2.45) is 17.3 Å². The lowest BCUT2D eigenvalue weighted by molar-refractivity contribution is -0.138. The Bertz CT molecular complexity index is 635. The Morgan fingerprint density at radius 2 is 1.79 bits per heavy atom. The number of carbonyl (C=O) groups excluding carboxylic acids is 1. The van der Waals surface area contributed by atoms with Crippen molar-refractivity contribution in [2.75, 3.05) is 5.32 Å². The van der Waals surface area contributed by atoms with Crippen LogP contribution in [0.1, 0.15) is 38.5 Å². The van der Waals surface area contributed by atoms with Crippen LogP contribution < -0.4 is 10.1 Å². The first kappa shape index (κ1) is 16.3. The fourth-order valence-electron chi connectivity index (χ4n) is 5.40. The van der Waals surface area contributed by atoms with E-state index in [9.17, 15) is 13.6 Å². The third-order valence-electron chi connectivity index (χ3n) is 5.81. The van der Waals surface area contributed by atoms with E-state index in [1.165, 1.54) is 31.4 Å². The number of halogens is 3. The molecule has 1 N–H and O–H groups in total. The normalized spacial score (nSPS) is 36.8. The molecule has 1 aromatic rings. The minimum Gasteiger partial charge on any atom is -0.435 e. The number of anilines is 1. The Morgan fingerprint density at radius 1 is 1.17 bits per heavy atom. The first-order valence-electron chi connectivity index (χ1n) is 8.41. The van der Waals surface area contributed by atoms with Gasteiger partial charge in [0, 0.05) is 10.0 Å². The van der Waals surface area contributed by atoms with Crippen molar-refractivity contribution in [3.63, 3.8) is 0 Å². The van der Waals surface area contributed by atoms with E-state index < -0.39 is 6.61 Å². The number of carbonyl (C=O) groups is 1. The van der Waals surface area contributed by atoms with Crippen molar-refractivity contribution in [1.82, 2.24) is 0 Å². The number of alkyl halides is 3. The highest BCUT2D eigenvalue weighted by atomic mass is 79.9. The van der Waals surface area contributed by atoms with E-state index in [0.717, 1.165) is 19.3 Å². The van der Waals surface area contributed by atoms with Gasteiger partial charge in [0.15, 0.2) is 0 Å². The highest BCUT2D eigenvalue weighted by Gasteiger charge is 2.59. The minimum absolute atomic E-state index is 0.0722. The molecule has 1 amide bonds. The smallest absolute Gasteiger partial charge is 0.387 e. The summed E-state index contributed by atoms with van der Waals surface area (Å²) in [6.07, 6.45) is 6.44. The molecule has 4 saturated carbocycles. The van der Waals surface area contributed by atoms with Crippen molar-refractivity contribution in [3.05, 3.63) is 24.3 Å². The molecule has 0 radical (unpaired) electrons. The monoisotopic (exact) mass is 399 g/mol. The molecule has 0 spiro atoms. The van der Waals surface area contributed by atoms with Gasteiger partial charge in [-0.2, -0.15) is 8.78 Å². The van der Waals surface area contributed by atoms with Crippen LogP contribution in [0.15, 0.2) is 24.3 Å². The molecule has 6 heteroatoms. The van der Waals surface area contributed by atoms with Gasteiger partial charge >= 0.3 is 6.61 Å². The molecule has 4 fully saturated rings. The fraction of sp³-hybridized carbons (Fsp3) is 0.611. The zero-order valence-electron chi connectivity index (χ0n) is 13.2. The number of ether oxygens (including phenoxy) is 1. The van der Waals surface area contributed by atoms with Gasteiger partial charge in [0.1, 0.15) is 5.75 Å². The topological polar surface area (TPSA) is 38.3 Å². The molecule has 4 bridgehead atoms. The zero-order chi connectivity index (χ0) is 16.9. The van der Waals surface area contributed by atoms with Crippen molar-refractivity contribution >= 4 is 27.5 Å². The molecule has 4 aliphatic rings. The van der Waals surface area contributed by atoms with Crippen LogP contribution in [0, 0.1) is 17.3 Å². The van der Waals surface area contributed by atoms with Gasteiger partial charge in [0.2, 0.25) is 5.91 Å². The Hall–Kier alpha value is -1.17. The van der Waals surface area contributed by atoms with Crippen LogP contribution >= 0.6 is 15.9 Å². The molecule has 130 valence electrons. The molecular formula is C18H20BrF2NO2. The van der Waals surface area contributed by atoms with Crippen molar-refractivity contribution < 1.29 is 18.3 Å². The second kappa shape index (κ2) is 5.68. The predicted molar refractivity (Wildman–Crippen MR) is 90.5 cm³/mol. The standard InChI is InChI=1S/C18H20BrF2NO2/c19-18-8-11-5-12(9-18)7-17(6-11,10-18)15(23)22-13-1-3-14(4-2-13)24-16(20)21/h1-4,11-12,16H,5-10H2,(H,22,23)/t11-,12+,17?,18?. The summed E-state index contributed by atoms with van der Waals surface area (Å²) in [5, 5.41) is 2.99. The molecule has 4 aliphatic carbocycles. The first-order chi connectivity index (χ1) is 11.4. The average Bonchev–Trinajstić information content (AvgIpc) is 2.46.